The molecule has 0 saturated carbocycles. The predicted octanol–water partition coefficient (Wildman–Crippen LogP) is 3.24. The van der Waals surface area contributed by atoms with Crippen LogP contribution >= 0.6 is 11.3 Å². The van der Waals surface area contributed by atoms with Gasteiger partial charge in [0.25, 0.3) is 0 Å². The third-order valence-corrected chi connectivity index (χ3v) is 5.27. The van der Waals surface area contributed by atoms with E-state index in [4.69, 9.17) is 0 Å². The summed E-state index contributed by atoms with van der Waals surface area (Å²) in [5, 5.41) is 4.48. The molecule has 1 aliphatic heterocycles. The van der Waals surface area contributed by atoms with E-state index < -0.39 is 0 Å². The lowest BCUT2D eigenvalue weighted by Gasteiger charge is -2.40. The van der Waals surface area contributed by atoms with Crippen molar-refractivity contribution in [3.05, 3.63) is 47.0 Å². The van der Waals surface area contributed by atoms with Gasteiger partial charge in [-0.25, -0.2) is 4.98 Å². The quantitative estimate of drug-likeness (QED) is 0.824. The third-order valence-electron chi connectivity index (χ3n) is 4.40. The van der Waals surface area contributed by atoms with Gasteiger partial charge in [-0.3, -0.25) is 4.90 Å². The van der Waals surface area contributed by atoms with Gasteiger partial charge in [0.2, 0.25) is 0 Å². The summed E-state index contributed by atoms with van der Waals surface area (Å²) in [5.74, 6) is 0. The van der Waals surface area contributed by atoms with E-state index in [0.29, 0.717) is 6.04 Å². The maximum atomic E-state index is 4.36. The van der Waals surface area contributed by atoms with Crippen molar-refractivity contribution in [1.82, 2.24) is 14.8 Å². The minimum absolute atomic E-state index is 0.511. The van der Waals surface area contributed by atoms with Gasteiger partial charge in [-0.1, -0.05) is 30.3 Å². The lowest BCUT2D eigenvalue weighted by molar-refractivity contribution is 0.0897. The van der Waals surface area contributed by atoms with Gasteiger partial charge in [0.05, 0.1) is 0 Å². The Labute approximate surface area is 143 Å². The minimum atomic E-state index is 0.511. The molecule has 5 heteroatoms. The summed E-state index contributed by atoms with van der Waals surface area (Å²) in [4.78, 5) is 10.7. The van der Waals surface area contributed by atoms with Gasteiger partial charge in [0.1, 0.15) is 0 Å². The molecule has 23 heavy (non-hydrogen) atoms. The Morgan fingerprint density at radius 2 is 2.09 bits per heavy atom. The Bertz CT molecular complexity index is 598. The van der Waals surface area contributed by atoms with Crippen molar-refractivity contribution in [1.29, 1.82) is 0 Å². The van der Waals surface area contributed by atoms with Gasteiger partial charge < -0.3 is 10.2 Å². The van der Waals surface area contributed by atoms with Crippen LogP contribution < -0.4 is 5.32 Å². The Hall–Kier alpha value is -1.43. The second-order valence-electron chi connectivity index (χ2n) is 6.28. The van der Waals surface area contributed by atoms with Crippen molar-refractivity contribution in [2.75, 3.05) is 45.1 Å². The molecular formula is C18H26N4S. The summed E-state index contributed by atoms with van der Waals surface area (Å²) in [6.07, 6.45) is 3.07. The van der Waals surface area contributed by atoms with E-state index in [1.165, 1.54) is 10.4 Å². The van der Waals surface area contributed by atoms with Crippen LogP contribution in [0.4, 0.5) is 5.13 Å². The van der Waals surface area contributed by atoms with Gasteiger partial charge >= 0.3 is 0 Å². The fraction of sp³-hybridized carbons (Fsp3) is 0.500. The first-order chi connectivity index (χ1) is 11.2. The van der Waals surface area contributed by atoms with Crippen molar-refractivity contribution >= 4 is 16.5 Å². The van der Waals surface area contributed by atoms with Crippen molar-refractivity contribution in [2.24, 2.45) is 0 Å². The van der Waals surface area contributed by atoms with Gasteiger partial charge in [-0.05, 0) is 26.0 Å². The molecule has 1 atom stereocenters. The van der Waals surface area contributed by atoms with E-state index in [9.17, 15) is 0 Å². The maximum Gasteiger partial charge on any atom is 0.182 e. The Kier molecular flexibility index (Phi) is 5.65. The van der Waals surface area contributed by atoms with Crippen LogP contribution in [0.5, 0.6) is 0 Å². The first-order valence-corrected chi connectivity index (χ1v) is 9.18. The SMILES string of the molecule is Cc1cnc(NCCCN2CCN(C)CC2c2ccccc2)s1. The van der Waals surface area contributed by atoms with Crippen LogP contribution in [-0.4, -0.2) is 54.6 Å². The van der Waals surface area contributed by atoms with Crippen molar-refractivity contribution < 1.29 is 0 Å². The third kappa shape index (κ3) is 4.53. The van der Waals surface area contributed by atoms with Crippen molar-refractivity contribution in [3.8, 4) is 0 Å². The molecule has 3 rings (SSSR count). The zero-order valence-electron chi connectivity index (χ0n) is 14.0. The Balaban J connectivity index is 1.52. The number of thiazole rings is 1. The number of piperazine rings is 1. The highest BCUT2D eigenvalue weighted by Crippen LogP contribution is 2.25. The van der Waals surface area contributed by atoms with Crippen molar-refractivity contribution in [2.45, 2.75) is 19.4 Å². The first kappa shape index (κ1) is 16.4. The number of likely N-dealkylation sites (N-methyl/N-ethyl adjacent to an activating group) is 1. The monoisotopic (exact) mass is 330 g/mol. The summed E-state index contributed by atoms with van der Waals surface area (Å²) in [7, 11) is 2.22. The van der Waals surface area contributed by atoms with Crippen LogP contribution in [0.15, 0.2) is 36.5 Å². The molecule has 1 aliphatic rings. The zero-order chi connectivity index (χ0) is 16.1. The number of hydrogen-bond acceptors (Lipinski definition) is 5. The van der Waals surface area contributed by atoms with Gasteiger partial charge in [0.15, 0.2) is 5.13 Å². The zero-order valence-corrected chi connectivity index (χ0v) is 14.9. The second-order valence-corrected chi connectivity index (χ2v) is 7.52. The Morgan fingerprint density at radius 3 is 2.83 bits per heavy atom. The molecule has 1 fully saturated rings. The highest BCUT2D eigenvalue weighted by molar-refractivity contribution is 7.15. The Morgan fingerprint density at radius 1 is 1.26 bits per heavy atom. The molecule has 0 amide bonds. The molecule has 1 N–H and O–H groups in total. The summed E-state index contributed by atoms with van der Waals surface area (Å²) in [5.41, 5.74) is 1.43. The van der Waals surface area contributed by atoms with Crippen LogP contribution in [0, 0.1) is 6.92 Å². The molecule has 1 aromatic heterocycles. The number of aromatic nitrogens is 1. The lowest BCUT2D eigenvalue weighted by atomic mass is 10.0. The van der Waals surface area contributed by atoms with Crippen LogP contribution in [-0.2, 0) is 0 Å². The van der Waals surface area contributed by atoms with E-state index in [2.05, 4.69) is 64.4 Å². The topological polar surface area (TPSA) is 31.4 Å². The summed E-state index contributed by atoms with van der Waals surface area (Å²) in [6, 6.07) is 11.4. The minimum Gasteiger partial charge on any atom is -0.361 e. The highest BCUT2D eigenvalue weighted by Gasteiger charge is 2.25. The number of aryl methyl sites for hydroxylation is 1. The van der Waals surface area contributed by atoms with Crippen LogP contribution in [0.2, 0.25) is 0 Å². The predicted molar refractivity (Wildman–Crippen MR) is 98.2 cm³/mol. The fourth-order valence-electron chi connectivity index (χ4n) is 3.13. The molecule has 0 radical (unpaired) electrons. The summed E-state index contributed by atoms with van der Waals surface area (Å²) >= 11 is 1.73. The van der Waals surface area contributed by atoms with Gasteiger partial charge in [-0.15, -0.1) is 11.3 Å². The van der Waals surface area contributed by atoms with Gasteiger partial charge in [-0.2, -0.15) is 0 Å². The lowest BCUT2D eigenvalue weighted by Crippen LogP contribution is -2.47. The van der Waals surface area contributed by atoms with E-state index in [1.54, 1.807) is 11.3 Å². The normalized spacial score (nSPS) is 19.8. The summed E-state index contributed by atoms with van der Waals surface area (Å²) < 4.78 is 0. The van der Waals surface area contributed by atoms with E-state index >= 15 is 0 Å². The van der Waals surface area contributed by atoms with E-state index in [-0.39, 0.29) is 0 Å². The number of benzene rings is 1. The molecule has 0 bridgehead atoms. The van der Waals surface area contributed by atoms with Gasteiger partial charge in [0, 0.05) is 49.8 Å². The van der Waals surface area contributed by atoms with E-state index in [0.717, 1.165) is 44.3 Å². The molecule has 1 aromatic carbocycles. The molecule has 1 unspecified atom stereocenters. The molecular weight excluding hydrogens is 304 g/mol. The van der Waals surface area contributed by atoms with Crippen molar-refractivity contribution in [3.63, 3.8) is 0 Å². The molecule has 2 heterocycles. The number of nitrogens with one attached hydrogen (secondary N) is 1. The molecule has 0 aliphatic carbocycles. The average molecular weight is 331 g/mol. The largest absolute Gasteiger partial charge is 0.361 e. The molecule has 4 nitrogen and oxygen atoms in total. The molecule has 0 spiro atoms. The smallest absolute Gasteiger partial charge is 0.182 e. The summed E-state index contributed by atoms with van der Waals surface area (Å²) in [6.45, 7) is 7.63. The highest BCUT2D eigenvalue weighted by atomic mass is 32.1. The number of nitrogens with zero attached hydrogens (tertiary/aromatic N) is 3. The number of hydrogen-bond donors (Lipinski definition) is 1. The second kappa shape index (κ2) is 7.90. The average Bonchev–Trinajstić information content (AvgIpc) is 2.99. The van der Waals surface area contributed by atoms with E-state index in [1.807, 2.05) is 6.20 Å². The first-order valence-electron chi connectivity index (χ1n) is 8.36. The number of anilines is 1. The van der Waals surface area contributed by atoms with Crippen LogP contribution in [0.1, 0.15) is 22.9 Å². The standard InChI is InChI=1S/C18H26N4S/c1-15-13-20-18(23-15)19-9-6-10-22-12-11-21(2)14-17(22)16-7-4-3-5-8-16/h3-5,7-8,13,17H,6,9-12,14H2,1-2H3,(H,19,20). The van der Waals surface area contributed by atoms with Crippen LogP contribution in [0.3, 0.4) is 0 Å². The molecule has 124 valence electrons. The molecule has 2 aromatic rings. The number of rotatable bonds is 6. The van der Waals surface area contributed by atoms with Crippen LogP contribution in [0.25, 0.3) is 0 Å². The fourth-order valence-corrected chi connectivity index (χ4v) is 3.82. The molecule has 1 saturated heterocycles. The maximum absolute atomic E-state index is 4.36.